The van der Waals surface area contributed by atoms with Crippen LogP contribution in [0.4, 0.5) is 5.69 Å². The van der Waals surface area contributed by atoms with Crippen molar-refractivity contribution in [3.8, 4) is 5.69 Å². The van der Waals surface area contributed by atoms with E-state index in [9.17, 15) is 9.59 Å². The van der Waals surface area contributed by atoms with Crippen molar-refractivity contribution in [2.75, 3.05) is 58.0 Å². The Hall–Kier alpha value is -3.27. The Morgan fingerprint density at radius 2 is 1.88 bits per heavy atom. The Labute approximate surface area is 198 Å². The first kappa shape index (κ1) is 23.9. The van der Waals surface area contributed by atoms with Crippen LogP contribution in [0.3, 0.4) is 0 Å². The van der Waals surface area contributed by atoms with Gasteiger partial charge in [0.2, 0.25) is 0 Å². The number of piperazine rings is 1. The number of ether oxygens (including phenoxy) is 3. The van der Waals surface area contributed by atoms with Crippen molar-refractivity contribution in [3.05, 3.63) is 54.4 Å². The molecule has 180 valence electrons. The number of anilines is 1. The number of imidazole rings is 1. The van der Waals surface area contributed by atoms with E-state index < -0.39 is 12.2 Å². The van der Waals surface area contributed by atoms with Crippen LogP contribution in [-0.4, -0.2) is 86.0 Å². The van der Waals surface area contributed by atoms with Crippen molar-refractivity contribution in [1.29, 1.82) is 0 Å². The van der Waals surface area contributed by atoms with E-state index in [1.165, 1.54) is 0 Å². The molecule has 0 amide bonds. The third kappa shape index (κ3) is 5.27. The Bertz CT molecular complexity index is 1120. The molecule has 1 fully saturated rings. The number of benzene rings is 2. The molecule has 0 aliphatic carbocycles. The molecule has 2 heterocycles. The van der Waals surface area contributed by atoms with Gasteiger partial charge < -0.3 is 19.1 Å². The van der Waals surface area contributed by atoms with Crippen molar-refractivity contribution in [3.63, 3.8) is 0 Å². The minimum Gasteiger partial charge on any atom is -0.460 e. The molecule has 3 aromatic rings. The van der Waals surface area contributed by atoms with Crippen LogP contribution < -0.4 is 4.90 Å². The van der Waals surface area contributed by atoms with Gasteiger partial charge in [0.25, 0.3) is 0 Å². The molecule has 0 N–H and O–H groups in total. The van der Waals surface area contributed by atoms with E-state index in [1.807, 2.05) is 29.7 Å². The molecule has 0 radical (unpaired) electrons. The van der Waals surface area contributed by atoms with E-state index in [0.717, 1.165) is 54.9 Å². The topological polar surface area (TPSA) is 86.1 Å². The predicted octanol–water partition coefficient (Wildman–Crippen LogP) is 2.51. The Morgan fingerprint density at radius 1 is 1.09 bits per heavy atom. The summed E-state index contributed by atoms with van der Waals surface area (Å²) >= 11 is 0. The molecule has 1 unspecified atom stereocenters. The van der Waals surface area contributed by atoms with Gasteiger partial charge >= 0.3 is 5.97 Å². The number of rotatable bonds is 10. The van der Waals surface area contributed by atoms with Gasteiger partial charge in [-0.2, -0.15) is 0 Å². The highest BCUT2D eigenvalue weighted by Gasteiger charge is 2.24. The fourth-order valence-corrected chi connectivity index (χ4v) is 4.12. The number of hydrogen-bond donors (Lipinski definition) is 0. The maximum Gasteiger partial charge on any atom is 0.338 e. The minimum atomic E-state index is -0.474. The highest BCUT2D eigenvalue weighted by molar-refractivity contribution is 5.94. The molecule has 1 aliphatic rings. The molecule has 1 aliphatic heterocycles. The summed E-state index contributed by atoms with van der Waals surface area (Å²) < 4.78 is 17.6. The Kier molecular flexibility index (Phi) is 7.89. The van der Waals surface area contributed by atoms with Crippen molar-refractivity contribution in [2.24, 2.45) is 0 Å². The van der Waals surface area contributed by atoms with E-state index in [-0.39, 0.29) is 6.61 Å². The Balaban J connectivity index is 1.48. The molecule has 9 heteroatoms. The lowest BCUT2D eigenvalue weighted by molar-refractivity contribution is -0.131. The summed E-state index contributed by atoms with van der Waals surface area (Å²) in [5, 5.41) is 0. The first-order valence-corrected chi connectivity index (χ1v) is 11.4. The van der Waals surface area contributed by atoms with E-state index >= 15 is 0 Å². The highest BCUT2D eigenvalue weighted by atomic mass is 16.6. The lowest BCUT2D eigenvalue weighted by atomic mass is 10.2. The van der Waals surface area contributed by atoms with E-state index in [1.54, 1.807) is 25.6 Å². The summed E-state index contributed by atoms with van der Waals surface area (Å²) in [4.78, 5) is 32.4. The molecule has 1 atom stereocenters. The van der Waals surface area contributed by atoms with Gasteiger partial charge in [-0.25, -0.2) is 9.78 Å². The summed E-state index contributed by atoms with van der Waals surface area (Å²) in [6.07, 6.45) is 2.16. The van der Waals surface area contributed by atoms with Crippen LogP contribution in [0.25, 0.3) is 16.7 Å². The fraction of sp³-hybridized carbons (Fsp3) is 0.400. The maximum absolute atomic E-state index is 12.2. The molecule has 2 aromatic carbocycles. The number of aldehydes is 1. The minimum absolute atomic E-state index is 0.213. The fourth-order valence-electron chi connectivity index (χ4n) is 4.12. The van der Waals surface area contributed by atoms with E-state index in [4.69, 9.17) is 14.2 Å². The van der Waals surface area contributed by atoms with Gasteiger partial charge in [0.15, 0.2) is 12.5 Å². The molecule has 0 bridgehead atoms. The zero-order valence-corrected chi connectivity index (χ0v) is 19.6. The summed E-state index contributed by atoms with van der Waals surface area (Å²) in [5.41, 5.74) is 4.17. The number of nitrogens with zero attached hydrogens (tertiary/aromatic N) is 4. The predicted molar refractivity (Wildman–Crippen MR) is 128 cm³/mol. The normalized spacial score (nSPS) is 15.4. The van der Waals surface area contributed by atoms with Gasteiger partial charge in [0.1, 0.15) is 12.9 Å². The molecule has 34 heavy (non-hydrogen) atoms. The van der Waals surface area contributed by atoms with Gasteiger partial charge in [-0.05, 0) is 43.3 Å². The van der Waals surface area contributed by atoms with Gasteiger partial charge in [0.05, 0.1) is 23.2 Å². The Morgan fingerprint density at radius 3 is 2.62 bits per heavy atom. The highest BCUT2D eigenvalue weighted by Crippen LogP contribution is 2.24. The van der Waals surface area contributed by atoms with Crippen molar-refractivity contribution in [2.45, 2.75) is 13.2 Å². The smallest absolute Gasteiger partial charge is 0.338 e. The summed E-state index contributed by atoms with van der Waals surface area (Å²) in [6, 6.07) is 13.7. The molecule has 9 nitrogen and oxygen atoms in total. The van der Waals surface area contributed by atoms with Gasteiger partial charge in [0, 0.05) is 51.3 Å². The summed E-state index contributed by atoms with van der Waals surface area (Å²) in [7, 11) is 1.56. The van der Waals surface area contributed by atoms with Crippen LogP contribution in [0.2, 0.25) is 0 Å². The molecular weight excluding hydrogens is 436 g/mol. The van der Waals surface area contributed by atoms with Crippen LogP contribution in [0.15, 0.2) is 48.8 Å². The van der Waals surface area contributed by atoms with Gasteiger partial charge in [-0.15, -0.1) is 0 Å². The SMILES string of the molecule is CCOC(C=O)N1CCN(c2cccc(-n3cnc4cc(C(=O)OCCOC)ccc43)c2)CC1. The standard InChI is InChI=1S/C25H30N4O5/c1-3-33-24(17-30)28-11-9-27(10-12-28)20-5-4-6-21(16-20)29-18-26-22-15-19(7-8-23(22)29)25(31)34-14-13-32-2/h4-8,15-18,24H,3,9-14H2,1-2H3. The third-order valence-corrected chi connectivity index (χ3v) is 5.90. The summed E-state index contributed by atoms with van der Waals surface area (Å²) in [6.45, 7) is 6.10. The number of hydrogen-bond acceptors (Lipinski definition) is 8. The van der Waals surface area contributed by atoms with Gasteiger partial charge in [-0.3, -0.25) is 14.3 Å². The largest absolute Gasteiger partial charge is 0.460 e. The number of esters is 1. The molecule has 0 spiro atoms. The van der Waals surface area contributed by atoms with Crippen LogP contribution >= 0.6 is 0 Å². The van der Waals surface area contributed by atoms with Gasteiger partial charge in [-0.1, -0.05) is 6.07 Å². The quantitative estimate of drug-likeness (QED) is 0.256. The van der Waals surface area contributed by atoms with Crippen LogP contribution in [0.1, 0.15) is 17.3 Å². The monoisotopic (exact) mass is 466 g/mol. The van der Waals surface area contributed by atoms with Crippen molar-refractivity contribution in [1.82, 2.24) is 14.5 Å². The number of methoxy groups -OCH3 is 1. The first-order valence-electron chi connectivity index (χ1n) is 11.4. The summed E-state index contributed by atoms with van der Waals surface area (Å²) in [5.74, 6) is -0.393. The van der Waals surface area contributed by atoms with Crippen molar-refractivity contribution < 1.29 is 23.8 Å². The zero-order valence-electron chi connectivity index (χ0n) is 19.6. The van der Waals surface area contributed by atoms with Crippen LogP contribution in [0.5, 0.6) is 0 Å². The number of fused-ring (bicyclic) bond motifs is 1. The zero-order chi connectivity index (χ0) is 23.9. The number of aromatic nitrogens is 2. The van der Waals surface area contributed by atoms with Crippen molar-refractivity contribution >= 4 is 29.0 Å². The maximum atomic E-state index is 12.2. The van der Waals surface area contributed by atoms with Crippen LogP contribution in [0, 0.1) is 0 Å². The second-order valence-electron chi connectivity index (χ2n) is 7.97. The van der Waals surface area contributed by atoms with E-state index in [0.29, 0.717) is 18.8 Å². The molecule has 1 saturated heterocycles. The lowest BCUT2D eigenvalue weighted by Crippen LogP contribution is -2.51. The molecule has 1 aromatic heterocycles. The van der Waals surface area contributed by atoms with E-state index in [2.05, 4.69) is 26.9 Å². The lowest BCUT2D eigenvalue weighted by Gasteiger charge is -2.38. The molecule has 0 saturated carbocycles. The second kappa shape index (κ2) is 11.2. The molecule has 4 rings (SSSR count). The third-order valence-electron chi connectivity index (χ3n) is 5.90. The second-order valence-corrected chi connectivity index (χ2v) is 7.97. The average molecular weight is 467 g/mol. The number of carbonyl (C=O) groups excluding carboxylic acids is 2. The number of carbonyl (C=O) groups is 2. The van der Waals surface area contributed by atoms with Crippen LogP contribution in [-0.2, 0) is 19.0 Å². The molecular formula is C25H30N4O5. The average Bonchev–Trinajstić information content (AvgIpc) is 3.31. The first-order chi connectivity index (χ1) is 16.6.